The Morgan fingerprint density at radius 2 is 0.783 bits per heavy atom. The highest BCUT2D eigenvalue weighted by molar-refractivity contribution is 7.25. The number of hydrogen-bond acceptors (Lipinski definition) is 3. The fraction of sp³-hybridized carbons (Fsp3) is 0.158. The molecule has 4 aliphatic rings. The summed E-state index contributed by atoms with van der Waals surface area (Å²) >= 11 is 1.87. The second-order valence-electron chi connectivity index (χ2n) is 17.6. The van der Waals surface area contributed by atoms with E-state index in [9.17, 15) is 0 Å². The molecule has 1 heterocycles. The summed E-state index contributed by atoms with van der Waals surface area (Å²) in [6.07, 6.45) is 7.11. The van der Waals surface area contributed by atoms with Gasteiger partial charge in [0.05, 0.1) is 0 Å². The summed E-state index contributed by atoms with van der Waals surface area (Å²) < 4.78 is 2.61. The monoisotopic (exact) mass is 790 g/mol. The summed E-state index contributed by atoms with van der Waals surface area (Å²) in [5.74, 6) is 2.85. The number of hydrogen-bond donors (Lipinski definition) is 0. The van der Waals surface area contributed by atoms with E-state index < -0.39 is 0 Å². The quantitative estimate of drug-likeness (QED) is 0.144. The molecule has 13 rings (SSSR count). The Morgan fingerprint density at radius 1 is 0.367 bits per heavy atom. The van der Waals surface area contributed by atoms with Crippen molar-refractivity contribution in [2.24, 2.45) is 17.8 Å². The number of rotatable bonds is 9. The molecule has 2 unspecified atom stereocenters. The highest BCUT2D eigenvalue weighted by atomic mass is 32.1. The number of thiophene rings is 1. The van der Waals surface area contributed by atoms with Crippen LogP contribution in [0.5, 0.6) is 0 Å². The molecule has 4 bridgehead atoms. The first kappa shape index (κ1) is 35.5. The lowest BCUT2D eigenvalue weighted by Crippen LogP contribution is -2.31. The average molecular weight is 791 g/mol. The maximum Gasteiger partial charge on any atom is 0.0476 e. The van der Waals surface area contributed by atoms with Crippen molar-refractivity contribution in [3.63, 3.8) is 0 Å². The fourth-order valence-corrected chi connectivity index (χ4v) is 12.6. The van der Waals surface area contributed by atoms with Crippen molar-refractivity contribution in [2.45, 2.75) is 37.5 Å². The van der Waals surface area contributed by atoms with Gasteiger partial charge in [0.25, 0.3) is 0 Å². The molecule has 2 atom stereocenters. The minimum atomic E-state index is 0.389. The second-order valence-corrected chi connectivity index (χ2v) is 18.7. The molecule has 4 aliphatic carbocycles. The van der Waals surface area contributed by atoms with Crippen LogP contribution in [0.15, 0.2) is 200 Å². The minimum Gasteiger partial charge on any atom is -0.311 e. The minimum absolute atomic E-state index is 0.389. The number of benzene rings is 8. The van der Waals surface area contributed by atoms with Crippen LogP contribution < -0.4 is 9.80 Å². The van der Waals surface area contributed by atoms with Gasteiger partial charge in [0.2, 0.25) is 0 Å². The lowest BCUT2D eigenvalue weighted by Gasteiger charge is -2.39. The van der Waals surface area contributed by atoms with Crippen molar-refractivity contribution in [3.05, 3.63) is 206 Å². The molecule has 0 saturated heterocycles. The van der Waals surface area contributed by atoms with Crippen molar-refractivity contribution in [1.29, 1.82) is 0 Å². The zero-order valence-electron chi connectivity index (χ0n) is 33.6. The number of anilines is 6. The van der Waals surface area contributed by atoms with Gasteiger partial charge in [-0.3, -0.25) is 0 Å². The van der Waals surface area contributed by atoms with Crippen molar-refractivity contribution in [1.82, 2.24) is 0 Å². The van der Waals surface area contributed by atoms with E-state index in [1.807, 2.05) is 11.3 Å². The van der Waals surface area contributed by atoms with Gasteiger partial charge in [-0.2, -0.15) is 0 Å². The summed E-state index contributed by atoms with van der Waals surface area (Å²) in [5, 5.41) is 2.63. The molecule has 1 aromatic heterocycles. The van der Waals surface area contributed by atoms with Crippen LogP contribution >= 0.6 is 11.3 Å². The van der Waals surface area contributed by atoms with E-state index in [0.717, 1.165) is 46.2 Å². The van der Waals surface area contributed by atoms with E-state index >= 15 is 0 Å². The highest BCUT2D eigenvalue weighted by Crippen LogP contribution is 2.64. The standard InChI is InChI=1S/C57H46N2S/c1-3-9-40(10-4-1)42-15-21-47(22-16-42)58(49-25-19-46(20-26-49)57-36-39-33-44(37-57)45(34-39)38-57)50-27-29-51(30-28-50)59(48-23-17-43(18-24-48)41-11-5-2-6-12-41)52-31-32-54-53-13-7-8-14-55(53)60-56(54)35-52/h1-32,35,39,44-45H,33-34,36-38H2. The summed E-state index contributed by atoms with van der Waals surface area (Å²) in [5.41, 5.74) is 13.7. The van der Waals surface area contributed by atoms with Gasteiger partial charge in [-0.1, -0.05) is 121 Å². The predicted molar refractivity (Wildman–Crippen MR) is 255 cm³/mol. The third-order valence-electron chi connectivity index (χ3n) is 14.1. The molecule has 0 amide bonds. The third kappa shape index (κ3) is 6.14. The van der Waals surface area contributed by atoms with E-state index in [2.05, 4.69) is 210 Å². The average Bonchev–Trinajstić information content (AvgIpc) is 3.91. The Kier molecular flexibility index (Phi) is 8.52. The van der Waals surface area contributed by atoms with Crippen LogP contribution in [-0.2, 0) is 5.41 Å². The molecule has 4 saturated carbocycles. The van der Waals surface area contributed by atoms with Gasteiger partial charge in [-0.05, 0) is 162 Å². The normalized spacial score (nSPS) is 20.2. The molecule has 0 radical (unpaired) electrons. The number of fused-ring (bicyclic) bond motifs is 3. The summed E-state index contributed by atoms with van der Waals surface area (Å²) in [6, 6.07) is 74.0. The lowest BCUT2D eigenvalue weighted by molar-refractivity contribution is 0.229. The van der Waals surface area contributed by atoms with Gasteiger partial charge in [-0.15, -0.1) is 11.3 Å². The molecule has 290 valence electrons. The van der Waals surface area contributed by atoms with Crippen LogP contribution in [0, 0.1) is 17.8 Å². The third-order valence-corrected chi connectivity index (χ3v) is 15.2. The Labute approximate surface area is 357 Å². The Morgan fingerprint density at radius 3 is 1.32 bits per heavy atom. The Balaban J connectivity index is 0.935. The molecule has 4 fully saturated rings. The first-order valence-corrected chi connectivity index (χ1v) is 22.5. The van der Waals surface area contributed by atoms with E-state index in [-0.39, 0.29) is 0 Å². The molecule has 0 aliphatic heterocycles. The van der Waals surface area contributed by atoms with Gasteiger partial charge in [0.15, 0.2) is 0 Å². The molecule has 2 nitrogen and oxygen atoms in total. The molecular weight excluding hydrogens is 745 g/mol. The largest absolute Gasteiger partial charge is 0.311 e. The lowest BCUT2D eigenvalue weighted by atomic mass is 9.66. The summed E-state index contributed by atoms with van der Waals surface area (Å²) in [7, 11) is 0. The maximum absolute atomic E-state index is 2.47. The topological polar surface area (TPSA) is 6.48 Å². The molecule has 0 N–H and O–H groups in total. The van der Waals surface area contributed by atoms with E-state index in [4.69, 9.17) is 0 Å². The first-order chi connectivity index (χ1) is 29.6. The molecule has 9 aromatic rings. The van der Waals surface area contributed by atoms with Gasteiger partial charge in [-0.25, -0.2) is 0 Å². The van der Waals surface area contributed by atoms with Gasteiger partial charge in [0, 0.05) is 54.3 Å². The smallest absolute Gasteiger partial charge is 0.0476 e. The van der Waals surface area contributed by atoms with E-state index in [0.29, 0.717) is 5.41 Å². The zero-order valence-corrected chi connectivity index (χ0v) is 34.4. The van der Waals surface area contributed by atoms with Crippen LogP contribution in [0.1, 0.15) is 37.7 Å². The van der Waals surface area contributed by atoms with Gasteiger partial charge < -0.3 is 9.80 Å². The van der Waals surface area contributed by atoms with Crippen LogP contribution in [0.25, 0.3) is 42.4 Å². The SMILES string of the molecule is c1ccc(-c2ccc(N(c3ccc(N(c4ccc(-c5ccccc5)cc4)c4ccc5c(c4)sc4ccccc45)cc3)c3ccc(C45CC6CC(C4)C(C6)C5)cc3)cc2)cc1. The number of nitrogens with zero attached hydrogens (tertiary/aromatic N) is 2. The van der Waals surface area contributed by atoms with E-state index in [1.54, 1.807) is 5.56 Å². The summed E-state index contributed by atoms with van der Waals surface area (Å²) in [6.45, 7) is 0. The van der Waals surface area contributed by atoms with Crippen molar-refractivity contribution >= 4 is 65.6 Å². The molecule has 8 aromatic carbocycles. The Bertz CT molecular complexity index is 2930. The molecule has 60 heavy (non-hydrogen) atoms. The predicted octanol–water partition coefficient (Wildman–Crippen LogP) is 16.4. The van der Waals surface area contributed by atoms with Crippen LogP contribution in [0.4, 0.5) is 34.1 Å². The van der Waals surface area contributed by atoms with E-state index in [1.165, 1.54) is 80.2 Å². The fourth-order valence-electron chi connectivity index (χ4n) is 11.5. The Hall–Kier alpha value is -6.42. The van der Waals surface area contributed by atoms with Crippen molar-refractivity contribution < 1.29 is 0 Å². The first-order valence-electron chi connectivity index (χ1n) is 21.7. The van der Waals surface area contributed by atoms with Gasteiger partial charge in [0.1, 0.15) is 0 Å². The molecular formula is C57H46N2S. The van der Waals surface area contributed by atoms with Crippen LogP contribution in [0.3, 0.4) is 0 Å². The van der Waals surface area contributed by atoms with Gasteiger partial charge >= 0.3 is 0 Å². The van der Waals surface area contributed by atoms with Crippen molar-refractivity contribution in [2.75, 3.05) is 9.80 Å². The zero-order chi connectivity index (χ0) is 39.6. The molecule has 0 spiro atoms. The second kappa shape index (κ2) is 14.4. The van der Waals surface area contributed by atoms with Crippen LogP contribution in [0.2, 0.25) is 0 Å². The summed E-state index contributed by atoms with van der Waals surface area (Å²) in [4.78, 5) is 4.83. The molecule has 3 heteroatoms. The maximum atomic E-state index is 2.47. The highest BCUT2D eigenvalue weighted by Gasteiger charge is 2.56. The van der Waals surface area contributed by atoms with Crippen LogP contribution in [-0.4, -0.2) is 0 Å². The van der Waals surface area contributed by atoms with Crippen molar-refractivity contribution in [3.8, 4) is 22.3 Å².